The lowest BCUT2D eigenvalue weighted by molar-refractivity contribution is -0.384. The lowest BCUT2D eigenvalue weighted by atomic mass is 10.2. The van der Waals surface area contributed by atoms with E-state index in [2.05, 4.69) is 26.5 Å². The van der Waals surface area contributed by atoms with E-state index in [9.17, 15) is 19.7 Å². The van der Waals surface area contributed by atoms with Gasteiger partial charge in [-0.15, -0.1) is 0 Å². The Balaban J connectivity index is 1.73. The van der Waals surface area contributed by atoms with Crippen molar-refractivity contribution >= 4 is 51.3 Å². The third kappa shape index (κ3) is 5.74. The van der Waals surface area contributed by atoms with Crippen LogP contribution in [0.3, 0.4) is 0 Å². The average molecular weight is 503 g/mol. The van der Waals surface area contributed by atoms with Crippen molar-refractivity contribution < 1.29 is 19.2 Å². The number of hydrazone groups is 1. The van der Waals surface area contributed by atoms with Gasteiger partial charge in [0.25, 0.3) is 11.6 Å². The molecule has 1 amide bonds. The van der Waals surface area contributed by atoms with Crippen LogP contribution in [0.5, 0.6) is 5.75 Å². The van der Waals surface area contributed by atoms with Gasteiger partial charge in [-0.3, -0.25) is 14.9 Å². The molecule has 0 aliphatic rings. The SMILES string of the molecule is O=C(NN=Cc1cc(Br)ccc1OC(=O)c1ccccc1Cl)c1ccc([N+](=O)[O-])cc1. The number of hydrogen-bond donors (Lipinski definition) is 1. The van der Waals surface area contributed by atoms with E-state index in [0.29, 0.717) is 10.0 Å². The molecule has 10 heteroatoms. The Bertz CT molecular complexity index is 1180. The molecule has 156 valence electrons. The number of ether oxygens (including phenoxy) is 1. The van der Waals surface area contributed by atoms with E-state index in [1.54, 1.807) is 42.5 Å². The van der Waals surface area contributed by atoms with Crippen molar-refractivity contribution in [1.29, 1.82) is 0 Å². The first-order valence-electron chi connectivity index (χ1n) is 8.69. The molecule has 0 spiro atoms. The molecular formula is C21H13BrClN3O5. The molecule has 0 saturated heterocycles. The van der Waals surface area contributed by atoms with Crippen LogP contribution in [0.2, 0.25) is 5.02 Å². The first kappa shape index (κ1) is 22.1. The average Bonchev–Trinajstić information content (AvgIpc) is 2.75. The molecule has 0 bridgehead atoms. The normalized spacial score (nSPS) is 10.6. The molecule has 0 radical (unpaired) electrons. The van der Waals surface area contributed by atoms with Crippen molar-refractivity contribution in [1.82, 2.24) is 5.43 Å². The summed E-state index contributed by atoms with van der Waals surface area (Å²) >= 11 is 9.36. The second-order valence-electron chi connectivity index (χ2n) is 6.05. The molecule has 3 aromatic rings. The van der Waals surface area contributed by atoms with Crippen LogP contribution >= 0.6 is 27.5 Å². The van der Waals surface area contributed by atoms with Gasteiger partial charge >= 0.3 is 5.97 Å². The maximum atomic E-state index is 12.4. The number of nitrogens with zero attached hydrogens (tertiary/aromatic N) is 2. The summed E-state index contributed by atoms with van der Waals surface area (Å²) in [7, 11) is 0. The van der Waals surface area contributed by atoms with Gasteiger partial charge in [0, 0.05) is 27.7 Å². The number of non-ortho nitro benzene ring substituents is 1. The topological polar surface area (TPSA) is 111 Å². The molecular weight excluding hydrogens is 490 g/mol. The van der Waals surface area contributed by atoms with Gasteiger partial charge in [0.2, 0.25) is 0 Å². The van der Waals surface area contributed by atoms with Crippen molar-refractivity contribution in [2.24, 2.45) is 5.10 Å². The van der Waals surface area contributed by atoms with E-state index >= 15 is 0 Å². The Morgan fingerprint density at radius 1 is 1.10 bits per heavy atom. The lowest BCUT2D eigenvalue weighted by Gasteiger charge is -2.09. The van der Waals surface area contributed by atoms with Crippen LogP contribution in [-0.2, 0) is 0 Å². The zero-order chi connectivity index (χ0) is 22.4. The quantitative estimate of drug-likeness (QED) is 0.168. The van der Waals surface area contributed by atoms with Crippen LogP contribution in [0.1, 0.15) is 26.3 Å². The van der Waals surface area contributed by atoms with Gasteiger partial charge in [-0.05, 0) is 42.5 Å². The van der Waals surface area contributed by atoms with Crippen molar-refractivity contribution in [2.45, 2.75) is 0 Å². The number of nitro benzene ring substituents is 1. The number of benzene rings is 3. The van der Waals surface area contributed by atoms with Crippen LogP contribution in [0.15, 0.2) is 76.3 Å². The zero-order valence-electron chi connectivity index (χ0n) is 15.6. The van der Waals surface area contributed by atoms with Gasteiger partial charge in [-0.2, -0.15) is 5.10 Å². The number of rotatable bonds is 6. The van der Waals surface area contributed by atoms with E-state index in [1.165, 1.54) is 30.5 Å². The summed E-state index contributed by atoms with van der Waals surface area (Å²) < 4.78 is 6.14. The van der Waals surface area contributed by atoms with E-state index in [4.69, 9.17) is 16.3 Å². The van der Waals surface area contributed by atoms with Crippen LogP contribution in [-0.4, -0.2) is 23.0 Å². The predicted molar refractivity (Wildman–Crippen MR) is 119 cm³/mol. The predicted octanol–water partition coefficient (Wildman–Crippen LogP) is 4.99. The minimum absolute atomic E-state index is 0.126. The highest BCUT2D eigenvalue weighted by atomic mass is 79.9. The van der Waals surface area contributed by atoms with Gasteiger partial charge in [0.15, 0.2) is 0 Å². The second kappa shape index (κ2) is 9.96. The number of amides is 1. The molecule has 3 rings (SSSR count). The number of nitrogens with one attached hydrogen (secondary N) is 1. The summed E-state index contributed by atoms with van der Waals surface area (Å²) in [4.78, 5) is 34.7. The first-order valence-corrected chi connectivity index (χ1v) is 9.86. The molecule has 8 nitrogen and oxygen atoms in total. The molecule has 0 unspecified atom stereocenters. The standard InChI is InChI=1S/C21H13BrClN3O5/c22-15-7-10-19(31-21(28)17-3-1-2-4-18(17)23)14(11-15)12-24-25-20(27)13-5-8-16(9-6-13)26(29)30/h1-12H,(H,25,27). The van der Waals surface area contributed by atoms with Crippen molar-refractivity contribution in [2.75, 3.05) is 0 Å². The molecule has 0 fully saturated rings. The zero-order valence-corrected chi connectivity index (χ0v) is 18.0. The fraction of sp³-hybridized carbons (Fsp3) is 0. The number of carbonyl (C=O) groups excluding carboxylic acids is 2. The summed E-state index contributed by atoms with van der Waals surface area (Å²) in [6.45, 7) is 0. The van der Waals surface area contributed by atoms with E-state index in [0.717, 1.165) is 0 Å². The van der Waals surface area contributed by atoms with Gasteiger partial charge in [-0.25, -0.2) is 10.2 Å². The second-order valence-corrected chi connectivity index (χ2v) is 7.38. The van der Waals surface area contributed by atoms with Gasteiger partial charge < -0.3 is 4.74 Å². The van der Waals surface area contributed by atoms with Crippen molar-refractivity contribution in [3.8, 4) is 5.75 Å². The minimum Gasteiger partial charge on any atom is -0.422 e. The Hall–Kier alpha value is -3.56. The molecule has 3 aromatic carbocycles. The van der Waals surface area contributed by atoms with Crippen molar-refractivity contribution in [3.05, 3.63) is 103 Å². The van der Waals surface area contributed by atoms with Gasteiger partial charge in [-0.1, -0.05) is 39.7 Å². The lowest BCUT2D eigenvalue weighted by Crippen LogP contribution is -2.17. The summed E-state index contributed by atoms with van der Waals surface area (Å²) in [5, 5.41) is 14.8. The highest BCUT2D eigenvalue weighted by Crippen LogP contribution is 2.24. The Morgan fingerprint density at radius 3 is 2.48 bits per heavy atom. The fourth-order valence-electron chi connectivity index (χ4n) is 2.45. The third-order valence-corrected chi connectivity index (χ3v) is 4.80. The Morgan fingerprint density at radius 2 is 1.81 bits per heavy atom. The minimum atomic E-state index is -0.641. The summed E-state index contributed by atoms with van der Waals surface area (Å²) in [6, 6.07) is 16.5. The maximum absolute atomic E-state index is 12.4. The highest BCUT2D eigenvalue weighted by Gasteiger charge is 2.14. The third-order valence-electron chi connectivity index (χ3n) is 3.98. The largest absolute Gasteiger partial charge is 0.422 e. The first-order chi connectivity index (χ1) is 14.8. The Labute approximate surface area is 189 Å². The monoisotopic (exact) mass is 501 g/mol. The molecule has 0 aromatic heterocycles. The number of esters is 1. The van der Waals surface area contributed by atoms with Crippen LogP contribution in [0.25, 0.3) is 0 Å². The molecule has 0 saturated carbocycles. The molecule has 0 aliphatic carbocycles. The molecule has 0 atom stereocenters. The number of hydrogen-bond acceptors (Lipinski definition) is 6. The van der Waals surface area contributed by atoms with E-state index < -0.39 is 16.8 Å². The number of nitro groups is 1. The molecule has 0 aliphatic heterocycles. The molecule has 0 heterocycles. The highest BCUT2D eigenvalue weighted by molar-refractivity contribution is 9.10. The fourth-order valence-corrected chi connectivity index (χ4v) is 3.05. The van der Waals surface area contributed by atoms with Crippen LogP contribution < -0.4 is 10.2 Å². The smallest absolute Gasteiger partial charge is 0.345 e. The molecule has 1 N–H and O–H groups in total. The summed E-state index contributed by atoms with van der Waals surface area (Å²) in [6.07, 6.45) is 1.31. The summed E-state index contributed by atoms with van der Waals surface area (Å²) in [5.41, 5.74) is 3.02. The van der Waals surface area contributed by atoms with Gasteiger partial charge in [0.05, 0.1) is 21.7 Å². The van der Waals surface area contributed by atoms with Crippen LogP contribution in [0, 0.1) is 10.1 Å². The van der Waals surface area contributed by atoms with Crippen molar-refractivity contribution in [3.63, 3.8) is 0 Å². The molecule has 31 heavy (non-hydrogen) atoms. The Kier molecular flexibility index (Phi) is 7.11. The maximum Gasteiger partial charge on any atom is 0.345 e. The summed E-state index contributed by atoms with van der Waals surface area (Å²) in [5.74, 6) is -0.991. The van der Waals surface area contributed by atoms with E-state index in [1.807, 2.05) is 0 Å². The number of carbonyl (C=O) groups is 2. The van der Waals surface area contributed by atoms with Gasteiger partial charge in [0.1, 0.15) is 5.75 Å². The van der Waals surface area contributed by atoms with E-state index in [-0.39, 0.29) is 27.6 Å². The van der Waals surface area contributed by atoms with Crippen LogP contribution in [0.4, 0.5) is 5.69 Å². The number of halogens is 2.